The number of fused-ring (bicyclic) bond motifs is 1. The maximum Gasteiger partial charge on any atom is 0.417 e. The van der Waals surface area contributed by atoms with E-state index in [9.17, 15) is 32.7 Å². The molecule has 0 radical (unpaired) electrons. The minimum atomic E-state index is -4.85. The molecule has 2 N–H and O–H groups in total. The van der Waals surface area contributed by atoms with E-state index in [2.05, 4.69) is 31.4 Å². The van der Waals surface area contributed by atoms with E-state index in [0.29, 0.717) is 17.0 Å². The monoisotopic (exact) mass is 764 g/mol. The molecule has 2 aromatic heterocycles. The van der Waals surface area contributed by atoms with Crippen LogP contribution in [0.25, 0.3) is 16.9 Å². The van der Waals surface area contributed by atoms with Crippen molar-refractivity contribution in [3.05, 3.63) is 128 Å². The molecular formula is C36H32BrF3N6O5. The lowest BCUT2D eigenvalue weighted by Gasteiger charge is -2.34. The zero-order valence-corrected chi connectivity index (χ0v) is 29.0. The lowest BCUT2D eigenvalue weighted by molar-refractivity contribution is -0.210. The van der Waals surface area contributed by atoms with Gasteiger partial charge in [0.25, 0.3) is 11.8 Å². The fraction of sp³-hybridized carbons (Fsp3) is 0.250. The number of carbonyl (C=O) groups excluding carboxylic acids is 2. The average Bonchev–Trinajstić information content (AvgIpc) is 3.41. The first-order valence-corrected chi connectivity index (χ1v) is 16.7. The van der Waals surface area contributed by atoms with Gasteiger partial charge in [0.2, 0.25) is 0 Å². The van der Waals surface area contributed by atoms with Crippen molar-refractivity contribution in [2.24, 2.45) is 0 Å². The molecule has 0 saturated carbocycles. The number of alkyl halides is 3. The van der Waals surface area contributed by atoms with Gasteiger partial charge in [-0.25, -0.2) is 4.79 Å². The summed E-state index contributed by atoms with van der Waals surface area (Å²) in [7, 11) is 0. The summed E-state index contributed by atoms with van der Waals surface area (Å²) in [5.41, 5.74) is 3.45. The van der Waals surface area contributed by atoms with Crippen molar-refractivity contribution in [1.82, 2.24) is 29.5 Å². The molecule has 6 rings (SSSR count). The van der Waals surface area contributed by atoms with Crippen LogP contribution < -0.4 is 15.7 Å². The van der Waals surface area contributed by atoms with Crippen LogP contribution in [0.2, 0.25) is 0 Å². The molecule has 0 spiro atoms. The number of amides is 2. The highest BCUT2D eigenvalue weighted by molar-refractivity contribution is 9.10. The van der Waals surface area contributed by atoms with Crippen molar-refractivity contribution < 1.29 is 32.6 Å². The van der Waals surface area contributed by atoms with Crippen molar-refractivity contribution in [1.29, 1.82) is 0 Å². The predicted molar refractivity (Wildman–Crippen MR) is 184 cm³/mol. The number of halogens is 4. The fourth-order valence-electron chi connectivity index (χ4n) is 5.89. The minimum Gasteiger partial charge on any atom is -0.491 e. The van der Waals surface area contributed by atoms with Gasteiger partial charge in [0.15, 0.2) is 6.10 Å². The van der Waals surface area contributed by atoms with Crippen LogP contribution in [-0.4, -0.2) is 66.1 Å². The zero-order chi connectivity index (χ0) is 36.4. The van der Waals surface area contributed by atoms with Crippen molar-refractivity contribution >= 4 is 27.7 Å². The second kappa shape index (κ2) is 14.5. The zero-order valence-electron chi connectivity index (χ0n) is 27.4. The predicted octanol–water partition coefficient (Wildman–Crippen LogP) is 5.44. The van der Waals surface area contributed by atoms with Crippen molar-refractivity contribution in [2.45, 2.75) is 51.8 Å². The molecule has 1 aliphatic heterocycles. The Kier molecular flexibility index (Phi) is 10.1. The summed E-state index contributed by atoms with van der Waals surface area (Å²) in [6.07, 6.45) is -5.97. The Bertz CT molecular complexity index is 2140. The van der Waals surface area contributed by atoms with Crippen LogP contribution >= 0.6 is 15.9 Å². The Morgan fingerprint density at radius 2 is 1.82 bits per heavy atom. The van der Waals surface area contributed by atoms with Crippen LogP contribution in [0.5, 0.6) is 5.75 Å². The van der Waals surface area contributed by atoms with Crippen molar-refractivity contribution in [3.8, 4) is 22.7 Å². The lowest BCUT2D eigenvalue weighted by Crippen LogP contribution is -2.47. The highest BCUT2D eigenvalue weighted by Gasteiger charge is 2.39. The van der Waals surface area contributed by atoms with Gasteiger partial charge in [0.05, 0.1) is 23.6 Å². The molecule has 3 heterocycles. The van der Waals surface area contributed by atoms with Gasteiger partial charge >= 0.3 is 11.9 Å². The number of nitrogens with zero attached hydrogens (tertiary/aromatic N) is 5. The van der Waals surface area contributed by atoms with Crippen LogP contribution in [0, 0.1) is 6.92 Å². The third kappa shape index (κ3) is 7.44. The number of imidazole rings is 1. The molecular weight excluding hydrogens is 733 g/mol. The number of aromatic nitrogens is 4. The molecule has 11 nitrogen and oxygen atoms in total. The van der Waals surface area contributed by atoms with Crippen molar-refractivity contribution in [2.75, 3.05) is 6.61 Å². The molecule has 0 unspecified atom stereocenters. The number of hydrogen-bond donors (Lipinski definition) is 2. The number of aryl methyl sites for hydroxylation is 1. The molecule has 51 heavy (non-hydrogen) atoms. The highest BCUT2D eigenvalue weighted by Crippen LogP contribution is 2.28. The third-order valence-corrected chi connectivity index (χ3v) is 9.50. The first kappa shape index (κ1) is 35.5. The molecule has 0 bridgehead atoms. The summed E-state index contributed by atoms with van der Waals surface area (Å²) in [4.78, 5) is 43.7. The molecule has 3 aromatic carbocycles. The minimum absolute atomic E-state index is 0.00478. The number of aliphatic hydroxyl groups excluding tert-OH is 1. The Balaban J connectivity index is 1.36. The molecule has 2 amide bonds. The van der Waals surface area contributed by atoms with E-state index in [0.717, 1.165) is 21.2 Å². The quantitative estimate of drug-likeness (QED) is 0.204. The largest absolute Gasteiger partial charge is 0.491 e. The van der Waals surface area contributed by atoms with E-state index >= 15 is 0 Å². The van der Waals surface area contributed by atoms with E-state index < -0.39 is 36.5 Å². The van der Waals surface area contributed by atoms with Crippen LogP contribution in [0.3, 0.4) is 0 Å². The van der Waals surface area contributed by atoms with Gasteiger partial charge in [0, 0.05) is 40.9 Å². The van der Waals surface area contributed by atoms with E-state index in [1.54, 1.807) is 41.4 Å². The molecule has 0 fully saturated rings. The average molecular weight is 766 g/mol. The molecule has 5 aromatic rings. The van der Waals surface area contributed by atoms with Crippen LogP contribution in [0.4, 0.5) is 13.2 Å². The Hall–Kier alpha value is -5.28. The summed E-state index contributed by atoms with van der Waals surface area (Å²) >= 11 is 3.46. The summed E-state index contributed by atoms with van der Waals surface area (Å²) in [5, 5.41) is 20.4. The molecule has 0 aliphatic carbocycles. The normalized spacial score (nSPS) is 14.9. The molecule has 264 valence electrons. The van der Waals surface area contributed by atoms with Crippen LogP contribution in [0.1, 0.15) is 44.6 Å². The molecule has 15 heteroatoms. The second-order valence-corrected chi connectivity index (χ2v) is 12.9. The highest BCUT2D eigenvalue weighted by atomic mass is 79.9. The van der Waals surface area contributed by atoms with Gasteiger partial charge in [-0.2, -0.15) is 23.4 Å². The standard InChI is InChI=1S/C36H32BrF3N6O5/c1-21-16-23(9-14-28(21)37)34(49)44-19-30-32(33(48)41-17-24-6-3-4-7-27(24)29-8-5-15-42-43-29)46(35(50)45(30)18-22(44)2)25-10-12-26(13-11-25)51-20-31(47)36(38,39)40/h3-16,22,31,47H,17-20H2,1-2H3,(H,41,48)/t22-,31+/m0/s1. The number of ether oxygens (including phenoxy) is 1. The van der Waals surface area contributed by atoms with Gasteiger partial charge < -0.3 is 20.1 Å². The van der Waals surface area contributed by atoms with Crippen LogP contribution in [-0.2, 0) is 19.6 Å². The first-order valence-electron chi connectivity index (χ1n) is 15.9. The number of nitrogens with one attached hydrogen (secondary N) is 1. The van der Waals surface area contributed by atoms with Gasteiger partial charge in [-0.1, -0.05) is 40.2 Å². The molecule has 0 saturated heterocycles. The fourth-order valence-corrected chi connectivity index (χ4v) is 6.14. The third-order valence-electron chi connectivity index (χ3n) is 8.61. The van der Waals surface area contributed by atoms with E-state index in [1.807, 2.05) is 38.1 Å². The number of rotatable bonds is 9. The summed E-state index contributed by atoms with van der Waals surface area (Å²) < 4.78 is 47.0. The number of aliphatic hydroxyl groups is 1. The number of hydrogen-bond acceptors (Lipinski definition) is 7. The molecule has 1 aliphatic rings. The summed E-state index contributed by atoms with van der Waals surface area (Å²) in [5.74, 6) is -0.845. The maximum absolute atomic E-state index is 14.2. The summed E-state index contributed by atoms with van der Waals surface area (Å²) in [6.45, 7) is 2.79. The first-order chi connectivity index (χ1) is 24.3. The van der Waals surface area contributed by atoms with E-state index in [4.69, 9.17) is 4.74 Å². The summed E-state index contributed by atoms with van der Waals surface area (Å²) in [6, 6.07) is 21.3. The smallest absolute Gasteiger partial charge is 0.417 e. The van der Waals surface area contributed by atoms with Crippen LogP contribution in [0.15, 0.2) is 94.3 Å². The van der Waals surface area contributed by atoms with Gasteiger partial charge in [-0.15, -0.1) is 0 Å². The number of carbonyl (C=O) groups is 2. The van der Waals surface area contributed by atoms with Gasteiger partial charge in [0.1, 0.15) is 18.1 Å². The SMILES string of the molecule is Cc1cc(C(=O)N2Cc3c(C(=O)NCc4ccccc4-c4cccnn4)n(-c4ccc(OC[C@@H](O)C(F)(F)F)cc4)c(=O)n3C[C@@H]2C)ccc1Br. The Labute approximate surface area is 298 Å². The van der Waals surface area contributed by atoms with E-state index in [-0.39, 0.29) is 42.7 Å². The van der Waals surface area contributed by atoms with Crippen molar-refractivity contribution in [3.63, 3.8) is 0 Å². The Morgan fingerprint density at radius 3 is 2.51 bits per heavy atom. The number of benzene rings is 3. The maximum atomic E-state index is 14.2. The molecule has 2 atom stereocenters. The van der Waals surface area contributed by atoms with E-state index in [1.165, 1.54) is 33.4 Å². The lowest BCUT2D eigenvalue weighted by atomic mass is 10.0. The van der Waals surface area contributed by atoms with Gasteiger partial charge in [-0.05, 0) is 79.6 Å². The second-order valence-electron chi connectivity index (χ2n) is 12.1. The topological polar surface area (TPSA) is 132 Å². The van der Waals surface area contributed by atoms with Gasteiger partial charge in [-0.3, -0.25) is 18.7 Å². The Morgan fingerprint density at radius 1 is 1.08 bits per heavy atom.